The highest BCUT2D eigenvalue weighted by molar-refractivity contribution is 5.75. The zero-order valence-corrected chi connectivity index (χ0v) is 11.6. The summed E-state index contributed by atoms with van der Waals surface area (Å²) >= 11 is 0. The number of carbonyl (C=O) groups is 1. The van der Waals surface area contributed by atoms with E-state index in [2.05, 4.69) is 12.2 Å². The van der Waals surface area contributed by atoms with Gasteiger partial charge in [0.05, 0.1) is 24.8 Å². The monoisotopic (exact) mass is 242 g/mol. The molecule has 0 spiro atoms. The van der Waals surface area contributed by atoms with Crippen LogP contribution in [0.4, 0.5) is 4.79 Å². The van der Waals surface area contributed by atoms with E-state index in [1.165, 1.54) is 12.8 Å². The molecule has 1 heterocycles. The molecule has 0 saturated carbocycles. The van der Waals surface area contributed by atoms with E-state index >= 15 is 0 Å². The first-order chi connectivity index (χ1) is 7.99. The van der Waals surface area contributed by atoms with Crippen LogP contribution in [0.2, 0.25) is 0 Å². The van der Waals surface area contributed by atoms with E-state index in [0.717, 1.165) is 13.0 Å². The Labute approximate surface area is 105 Å². The second-order valence-corrected chi connectivity index (χ2v) is 5.49. The van der Waals surface area contributed by atoms with Gasteiger partial charge >= 0.3 is 6.03 Å². The fourth-order valence-corrected chi connectivity index (χ4v) is 2.35. The Kier molecular flexibility index (Phi) is 5.25. The highest BCUT2D eigenvalue weighted by atomic mass is 16.5. The standard InChI is InChI=1S/C13H26N2O2/c1-5-6-7-8-14-12(16)15-11(2)9-17-10-13(15,3)4/h11H,5-10H2,1-4H3,(H,14,16). The van der Waals surface area contributed by atoms with Crippen molar-refractivity contribution in [1.29, 1.82) is 0 Å². The number of urea groups is 1. The van der Waals surface area contributed by atoms with Gasteiger partial charge in [-0.1, -0.05) is 19.8 Å². The zero-order chi connectivity index (χ0) is 12.9. The van der Waals surface area contributed by atoms with Crippen LogP contribution in [0.15, 0.2) is 0 Å². The van der Waals surface area contributed by atoms with E-state index < -0.39 is 0 Å². The number of nitrogens with one attached hydrogen (secondary N) is 1. The molecule has 0 aromatic heterocycles. The van der Waals surface area contributed by atoms with E-state index in [1.54, 1.807) is 0 Å². The smallest absolute Gasteiger partial charge is 0.318 e. The van der Waals surface area contributed by atoms with Crippen molar-refractivity contribution in [1.82, 2.24) is 10.2 Å². The Bertz CT molecular complexity index is 254. The predicted octanol–water partition coefficient (Wildman–Crippen LogP) is 2.39. The molecule has 1 N–H and O–H groups in total. The van der Waals surface area contributed by atoms with Crippen molar-refractivity contribution >= 4 is 6.03 Å². The lowest BCUT2D eigenvalue weighted by Crippen LogP contribution is -2.62. The molecule has 1 rings (SSSR count). The van der Waals surface area contributed by atoms with Crippen LogP contribution >= 0.6 is 0 Å². The maximum absolute atomic E-state index is 12.1. The minimum absolute atomic E-state index is 0.0434. The summed E-state index contributed by atoms with van der Waals surface area (Å²) in [7, 11) is 0. The van der Waals surface area contributed by atoms with Gasteiger partial charge in [0, 0.05) is 6.54 Å². The molecule has 4 heteroatoms. The molecule has 4 nitrogen and oxygen atoms in total. The van der Waals surface area contributed by atoms with Crippen molar-refractivity contribution < 1.29 is 9.53 Å². The van der Waals surface area contributed by atoms with Gasteiger partial charge in [0.1, 0.15) is 0 Å². The summed E-state index contributed by atoms with van der Waals surface area (Å²) in [5, 5.41) is 3.00. The first kappa shape index (κ1) is 14.3. The minimum atomic E-state index is -0.216. The Morgan fingerprint density at radius 2 is 2.18 bits per heavy atom. The average Bonchev–Trinajstić information content (AvgIpc) is 2.23. The molecule has 0 aliphatic carbocycles. The van der Waals surface area contributed by atoms with Gasteiger partial charge in [-0.3, -0.25) is 0 Å². The molecule has 100 valence electrons. The molecular weight excluding hydrogens is 216 g/mol. The number of ether oxygens (including phenoxy) is 1. The van der Waals surface area contributed by atoms with E-state index in [9.17, 15) is 4.79 Å². The highest BCUT2D eigenvalue weighted by Crippen LogP contribution is 2.23. The third-order valence-electron chi connectivity index (χ3n) is 3.18. The average molecular weight is 242 g/mol. The van der Waals surface area contributed by atoms with Crippen molar-refractivity contribution in [3.05, 3.63) is 0 Å². The molecule has 0 radical (unpaired) electrons. The number of amides is 2. The third kappa shape index (κ3) is 3.87. The highest BCUT2D eigenvalue weighted by Gasteiger charge is 2.38. The second kappa shape index (κ2) is 6.24. The number of hydrogen-bond acceptors (Lipinski definition) is 2. The summed E-state index contributed by atoms with van der Waals surface area (Å²) in [6, 6.07) is 0.187. The number of carbonyl (C=O) groups excluding carboxylic acids is 1. The Morgan fingerprint density at radius 1 is 1.47 bits per heavy atom. The Balaban J connectivity index is 2.47. The summed E-state index contributed by atoms with van der Waals surface area (Å²) in [6.07, 6.45) is 3.40. The molecule has 1 unspecified atom stereocenters. The zero-order valence-electron chi connectivity index (χ0n) is 11.6. The van der Waals surface area contributed by atoms with Crippen LogP contribution in [-0.2, 0) is 4.74 Å². The second-order valence-electron chi connectivity index (χ2n) is 5.49. The SMILES string of the molecule is CCCCCNC(=O)N1C(C)COCC1(C)C. The largest absolute Gasteiger partial charge is 0.377 e. The summed E-state index contributed by atoms with van der Waals surface area (Å²) in [4.78, 5) is 14.1. The Morgan fingerprint density at radius 3 is 2.76 bits per heavy atom. The lowest BCUT2D eigenvalue weighted by molar-refractivity contribution is -0.0585. The number of rotatable bonds is 4. The first-order valence-electron chi connectivity index (χ1n) is 6.64. The number of nitrogens with zero attached hydrogens (tertiary/aromatic N) is 1. The number of morpholine rings is 1. The van der Waals surface area contributed by atoms with Gasteiger partial charge in [0.25, 0.3) is 0 Å². The molecule has 1 aliphatic heterocycles. The van der Waals surface area contributed by atoms with Crippen LogP contribution in [-0.4, -0.2) is 42.3 Å². The number of hydrogen-bond donors (Lipinski definition) is 1. The summed E-state index contributed by atoms with van der Waals surface area (Å²) in [6.45, 7) is 10.3. The van der Waals surface area contributed by atoms with Gasteiger partial charge in [0.15, 0.2) is 0 Å². The van der Waals surface area contributed by atoms with Crippen LogP contribution in [0.5, 0.6) is 0 Å². The quantitative estimate of drug-likeness (QED) is 0.769. The van der Waals surface area contributed by atoms with Crippen LogP contribution in [0.1, 0.15) is 47.0 Å². The van der Waals surface area contributed by atoms with Gasteiger partial charge in [-0.15, -0.1) is 0 Å². The Hall–Kier alpha value is -0.770. The van der Waals surface area contributed by atoms with Crippen molar-refractivity contribution in [2.75, 3.05) is 19.8 Å². The van der Waals surface area contributed by atoms with Gasteiger partial charge in [0.2, 0.25) is 0 Å². The molecule has 0 aromatic carbocycles. The summed E-state index contributed by atoms with van der Waals surface area (Å²) < 4.78 is 5.50. The molecule has 1 atom stereocenters. The van der Waals surface area contributed by atoms with Crippen LogP contribution < -0.4 is 5.32 Å². The van der Waals surface area contributed by atoms with E-state index in [1.807, 2.05) is 25.7 Å². The topological polar surface area (TPSA) is 41.6 Å². The predicted molar refractivity (Wildman–Crippen MR) is 69.1 cm³/mol. The lowest BCUT2D eigenvalue weighted by Gasteiger charge is -2.46. The fourth-order valence-electron chi connectivity index (χ4n) is 2.35. The van der Waals surface area contributed by atoms with Crippen molar-refractivity contribution in [3.63, 3.8) is 0 Å². The van der Waals surface area contributed by atoms with Gasteiger partial charge in [-0.25, -0.2) is 4.79 Å². The normalized spacial score (nSPS) is 23.5. The van der Waals surface area contributed by atoms with E-state index in [-0.39, 0.29) is 17.6 Å². The van der Waals surface area contributed by atoms with Crippen LogP contribution in [0.3, 0.4) is 0 Å². The molecule has 1 fully saturated rings. The van der Waals surface area contributed by atoms with Crippen LogP contribution in [0, 0.1) is 0 Å². The summed E-state index contributed by atoms with van der Waals surface area (Å²) in [5.41, 5.74) is -0.216. The lowest BCUT2D eigenvalue weighted by atomic mass is 10.0. The molecular formula is C13H26N2O2. The molecule has 1 aliphatic rings. The minimum Gasteiger partial charge on any atom is -0.377 e. The van der Waals surface area contributed by atoms with Gasteiger partial charge in [-0.2, -0.15) is 0 Å². The van der Waals surface area contributed by atoms with Crippen molar-refractivity contribution in [2.45, 2.75) is 58.5 Å². The van der Waals surface area contributed by atoms with Crippen LogP contribution in [0.25, 0.3) is 0 Å². The first-order valence-corrected chi connectivity index (χ1v) is 6.64. The van der Waals surface area contributed by atoms with E-state index in [4.69, 9.17) is 4.74 Å². The maximum atomic E-state index is 12.1. The van der Waals surface area contributed by atoms with Gasteiger partial charge < -0.3 is 15.0 Å². The number of unbranched alkanes of at least 4 members (excludes halogenated alkanes) is 2. The maximum Gasteiger partial charge on any atom is 0.318 e. The summed E-state index contributed by atoms with van der Waals surface area (Å²) in [5.74, 6) is 0. The third-order valence-corrected chi connectivity index (χ3v) is 3.18. The van der Waals surface area contributed by atoms with Crippen molar-refractivity contribution in [2.24, 2.45) is 0 Å². The molecule has 1 saturated heterocycles. The fraction of sp³-hybridized carbons (Fsp3) is 0.923. The van der Waals surface area contributed by atoms with Crippen molar-refractivity contribution in [3.8, 4) is 0 Å². The van der Waals surface area contributed by atoms with Gasteiger partial charge in [-0.05, 0) is 27.2 Å². The molecule has 0 bridgehead atoms. The molecule has 2 amide bonds. The van der Waals surface area contributed by atoms with E-state index in [0.29, 0.717) is 13.2 Å². The molecule has 17 heavy (non-hydrogen) atoms. The molecule has 0 aromatic rings.